The number of nitrogens with two attached hydrogens (primary N) is 1. The first-order valence-electron chi connectivity index (χ1n) is 6.98. The molecule has 0 atom stereocenters. The average molecular weight is 306 g/mol. The van der Waals surface area contributed by atoms with Gasteiger partial charge in [-0.25, -0.2) is 0 Å². The van der Waals surface area contributed by atoms with Crippen molar-refractivity contribution in [2.45, 2.75) is 33.7 Å². The van der Waals surface area contributed by atoms with E-state index in [9.17, 15) is 4.79 Å². The summed E-state index contributed by atoms with van der Waals surface area (Å²) in [6.45, 7) is 8.65. The van der Waals surface area contributed by atoms with Crippen LogP contribution in [-0.4, -0.2) is 23.5 Å². The average Bonchev–Trinajstić information content (AvgIpc) is 2.79. The Hall–Kier alpha value is -1.62. The second kappa shape index (κ2) is 5.30. The predicted octanol–water partition coefficient (Wildman–Crippen LogP) is 2.25. The predicted molar refractivity (Wildman–Crippen MR) is 87.3 cm³/mol. The fourth-order valence-electron chi connectivity index (χ4n) is 2.62. The van der Waals surface area contributed by atoms with Gasteiger partial charge in [0, 0.05) is 11.6 Å². The summed E-state index contributed by atoms with van der Waals surface area (Å²) >= 11 is 4.88. The number of nitrogens with one attached hydrogen (secondary N) is 1. The van der Waals surface area contributed by atoms with Gasteiger partial charge in [-0.2, -0.15) is 0 Å². The van der Waals surface area contributed by atoms with Crippen LogP contribution in [-0.2, 0) is 4.79 Å². The third kappa shape index (κ3) is 3.02. The van der Waals surface area contributed by atoms with E-state index in [0.29, 0.717) is 10.7 Å². The van der Waals surface area contributed by atoms with E-state index in [0.717, 1.165) is 5.56 Å². The van der Waals surface area contributed by atoms with Crippen molar-refractivity contribution in [2.75, 3.05) is 6.61 Å². The fraction of sp³-hybridized carbons (Fsp3) is 0.500. The molecule has 0 aliphatic heterocycles. The minimum atomic E-state index is -0.0999. The molecule has 0 saturated heterocycles. The van der Waals surface area contributed by atoms with Crippen molar-refractivity contribution in [3.8, 4) is 5.75 Å². The van der Waals surface area contributed by atoms with Crippen LogP contribution in [0.25, 0.3) is 0 Å². The number of hydrogen-bond donors (Lipinski definition) is 2. The number of carbonyl (C=O) groups is 1. The highest BCUT2D eigenvalue weighted by Crippen LogP contribution is 2.62. The number of carbonyl (C=O) groups excluding carboxylic acids is 1. The van der Waals surface area contributed by atoms with Crippen LogP contribution in [0.2, 0.25) is 0 Å². The first-order valence-corrected chi connectivity index (χ1v) is 7.39. The molecule has 1 aliphatic rings. The van der Waals surface area contributed by atoms with Gasteiger partial charge in [-0.1, -0.05) is 39.9 Å². The molecule has 1 aliphatic carbocycles. The van der Waals surface area contributed by atoms with Gasteiger partial charge in [-0.15, -0.1) is 0 Å². The maximum Gasteiger partial charge on any atom is 0.258 e. The lowest BCUT2D eigenvalue weighted by molar-refractivity contribution is -0.123. The zero-order valence-electron chi connectivity index (χ0n) is 12.9. The van der Waals surface area contributed by atoms with E-state index in [2.05, 4.69) is 33.0 Å². The second-order valence-corrected chi connectivity index (χ2v) is 7.06. The van der Waals surface area contributed by atoms with Crippen molar-refractivity contribution in [3.05, 3.63) is 29.8 Å². The van der Waals surface area contributed by atoms with Gasteiger partial charge in [0.2, 0.25) is 0 Å². The molecular weight excluding hydrogens is 284 g/mol. The summed E-state index contributed by atoms with van der Waals surface area (Å²) in [5.41, 5.74) is 6.56. The van der Waals surface area contributed by atoms with Crippen LogP contribution >= 0.6 is 12.2 Å². The smallest absolute Gasteiger partial charge is 0.258 e. The lowest BCUT2D eigenvalue weighted by Gasteiger charge is -2.09. The topological polar surface area (TPSA) is 64.3 Å². The maximum atomic E-state index is 11.9. The van der Waals surface area contributed by atoms with Gasteiger partial charge in [-0.3, -0.25) is 4.79 Å². The van der Waals surface area contributed by atoms with E-state index in [1.807, 2.05) is 0 Å². The normalized spacial score (nSPS) is 18.9. The zero-order valence-corrected chi connectivity index (χ0v) is 13.7. The summed E-state index contributed by atoms with van der Waals surface area (Å²) in [7, 11) is 0. The van der Waals surface area contributed by atoms with E-state index >= 15 is 0 Å². The molecule has 5 heteroatoms. The third-order valence-corrected chi connectivity index (χ3v) is 5.07. The molecular formula is C16H22N2O2S. The van der Waals surface area contributed by atoms with Gasteiger partial charge in [0.15, 0.2) is 6.61 Å². The van der Waals surface area contributed by atoms with E-state index < -0.39 is 0 Å². The molecule has 4 nitrogen and oxygen atoms in total. The van der Waals surface area contributed by atoms with Crippen molar-refractivity contribution in [1.82, 2.24) is 5.32 Å². The maximum absolute atomic E-state index is 11.9. The molecule has 1 saturated carbocycles. The number of hydrogen-bond acceptors (Lipinski definition) is 3. The highest BCUT2D eigenvalue weighted by atomic mass is 32.1. The van der Waals surface area contributed by atoms with Crippen molar-refractivity contribution in [2.24, 2.45) is 16.6 Å². The van der Waals surface area contributed by atoms with Crippen LogP contribution in [0.1, 0.15) is 33.3 Å². The third-order valence-electron chi connectivity index (χ3n) is 4.83. The SMILES string of the molecule is CC1(C)C(NC(=O)COc2ccc(C(N)=S)cc2)C1(C)C. The molecule has 0 unspecified atom stereocenters. The van der Waals surface area contributed by atoms with E-state index in [4.69, 9.17) is 22.7 Å². The highest BCUT2D eigenvalue weighted by Gasteiger charge is 2.65. The molecule has 0 radical (unpaired) electrons. The summed E-state index contributed by atoms with van der Waals surface area (Å²) in [6.07, 6.45) is 0. The van der Waals surface area contributed by atoms with Crippen LogP contribution in [0.3, 0.4) is 0 Å². The van der Waals surface area contributed by atoms with Gasteiger partial charge in [0.25, 0.3) is 5.91 Å². The van der Waals surface area contributed by atoms with Gasteiger partial charge >= 0.3 is 0 Å². The Bertz CT molecular complexity index is 550. The Kier molecular flexibility index (Phi) is 3.97. The summed E-state index contributed by atoms with van der Waals surface area (Å²) < 4.78 is 5.47. The van der Waals surface area contributed by atoms with Crippen LogP contribution < -0.4 is 15.8 Å². The van der Waals surface area contributed by atoms with Crippen molar-refractivity contribution in [1.29, 1.82) is 0 Å². The molecule has 0 heterocycles. The molecule has 0 spiro atoms. The molecule has 0 bridgehead atoms. The summed E-state index contributed by atoms with van der Waals surface area (Å²) in [4.78, 5) is 12.3. The number of benzene rings is 1. The molecule has 2 rings (SSSR count). The standard InChI is InChI=1S/C16H22N2O2S/c1-15(2)14(16(15,3)4)18-12(19)9-20-11-7-5-10(6-8-11)13(17)21/h5-8,14H,9H2,1-4H3,(H2,17,21)(H,18,19). The molecule has 21 heavy (non-hydrogen) atoms. The number of rotatable bonds is 5. The Labute approximate surface area is 131 Å². The summed E-state index contributed by atoms with van der Waals surface area (Å²) in [6, 6.07) is 7.27. The minimum Gasteiger partial charge on any atom is -0.484 e. The molecule has 114 valence electrons. The summed E-state index contributed by atoms with van der Waals surface area (Å²) in [5.74, 6) is 0.525. The largest absolute Gasteiger partial charge is 0.484 e. The second-order valence-electron chi connectivity index (χ2n) is 6.62. The number of ether oxygens (including phenoxy) is 1. The number of thiocarbonyl (C=S) groups is 1. The minimum absolute atomic E-state index is 0.00901. The van der Waals surface area contributed by atoms with Crippen LogP contribution in [0.15, 0.2) is 24.3 Å². The van der Waals surface area contributed by atoms with Crippen molar-refractivity contribution >= 4 is 23.1 Å². The Morgan fingerprint density at radius 2 is 1.76 bits per heavy atom. The Morgan fingerprint density at radius 3 is 2.19 bits per heavy atom. The Balaban J connectivity index is 1.84. The molecule has 0 aromatic heterocycles. The Morgan fingerprint density at radius 1 is 1.24 bits per heavy atom. The van der Waals surface area contributed by atoms with Crippen LogP contribution in [0, 0.1) is 10.8 Å². The van der Waals surface area contributed by atoms with Crippen LogP contribution in [0.4, 0.5) is 0 Å². The van der Waals surface area contributed by atoms with E-state index in [-0.39, 0.29) is 29.4 Å². The zero-order chi connectivity index (χ0) is 15.8. The first kappa shape index (κ1) is 15.8. The monoisotopic (exact) mass is 306 g/mol. The van der Waals surface area contributed by atoms with Crippen LogP contribution in [0.5, 0.6) is 5.75 Å². The highest BCUT2D eigenvalue weighted by molar-refractivity contribution is 7.80. The van der Waals surface area contributed by atoms with Crippen molar-refractivity contribution in [3.63, 3.8) is 0 Å². The van der Waals surface area contributed by atoms with Gasteiger partial charge in [-0.05, 0) is 35.1 Å². The first-order chi connectivity index (χ1) is 9.66. The lowest BCUT2D eigenvalue weighted by atomic mass is 10.0. The summed E-state index contributed by atoms with van der Waals surface area (Å²) in [5, 5.41) is 3.03. The molecule has 1 amide bonds. The lowest BCUT2D eigenvalue weighted by Crippen LogP contribution is -2.33. The number of amides is 1. The molecule has 1 aromatic rings. The quantitative estimate of drug-likeness (QED) is 0.819. The van der Waals surface area contributed by atoms with E-state index in [1.165, 1.54) is 0 Å². The van der Waals surface area contributed by atoms with Gasteiger partial charge < -0.3 is 15.8 Å². The van der Waals surface area contributed by atoms with Gasteiger partial charge in [0.05, 0.1) is 0 Å². The van der Waals surface area contributed by atoms with E-state index in [1.54, 1.807) is 24.3 Å². The van der Waals surface area contributed by atoms with Gasteiger partial charge in [0.1, 0.15) is 10.7 Å². The van der Waals surface area contributed by atoms with Crippen molar-refractivity contribution < 1.29 is 9.53 Å². The molecule has 1 aromatic carbocycles. The molecule has 3 N–H and O–H groups in total. The fourth-order valence-corrected chi connectivity index (χ4v) is 2.76. The molecule has 1 fully saturated rings.